The van der Waals surface area contributed by atoms with Gasteiger partial charge in [-0.1, -0.05) is 23.9 Å². The number of ketones is 1. The molecule has 2 heterocycles. The second-order valence-corrected chi connectivity index (χ2v) is 10.1. The summed E-state index contributed by atoms with van der Waals surface area (Å²) in [6.07, 6.45) is 4.43. The Labute approximate surface area is 156 Å². The van der Waals surface area contributed by atoms with Gasteiger partial charge in [0.2, 0.25) is 5.89 Å². The van der Waals surface area contributed by atoms with E-state index in [9.17, 15) is 13.2 Å². The highest BCUT2D eigenvalue weighted by Gasteiger charge is 2.29. The van der Waals surface area contributed by atoms with Crippen LogP contribution >= 0.6 is 11.8 Å². The Bertz CT molecular complexity index is 936. The standard InChI is InChI=1S/C18H20N2O4S2/c21-16(15-5-4-13-2-1-3-14(13)9-15)10-25-18-20-19-17(24-18)8-12-6-7-26(22,23)11-12/h4-5,9,12H,1-3,6-8,10-11H2. The lowest BCUT2D eigenvalue weighted by Crippen LogP contribution is -2.07. The lowest BCUT2D eigenvalue weighted by atomic mass is 10.0. The van der Waals surface area contributed by atoms with E-state index in [1.807, 2.05) is 12.1 Å². The van der Waals surface area contributed by atoms with Gasteiger partial charge in [0.05, 0.1) is 17.3 Å². The van der Waals surface area contributed by atoms with Crippen molar-refractivity contribution >= 4 is 27.4 Å². The molecule has 2 aliphatic rings. The Balaban J connectivity index is 1.32. The summed E-state index contributed by atoms with van der Waals surface area (Å²) in [5.74, 6) is 1.22. The fourth-order valence-electron chi connectivity index (χ4n) is 3.61. The molecule has 1 aliphatic heterocycles. The summed E-state index contributed by atoms with van der Waals surface area (Å²) in [5.41, 5.74) is 3.37. The second-order valence-electron chi connectivity index (χ2n) is 6.98. The van der Waals surface area contributed by atoms with Gasteiger partial charge in [0.15, 0.2) is 15.6 Å². The molecule has 0 N–H and O–H groups in total. The maximum Gasteiger partial charge on any atom is 0.277 e. The monoisotopic (exact) mass is 392 g/mol. The van der Waals surface area contributed by atoms with Crippen molar-refractivity contribution < 1.29 is 17.6 Å². The van der Waals surface area contributed by atoms with Crippen LogP contribution in [-0.2, 0) is 29.1 Å². The molecule has 138 valence electrons. The number of hydrogen-bond donors (Lipinski definition) is 0. The van der Waals surface area contributed by atoms with E-state index in [4.69, 9.17) is 4.42 Å². The molecule has 1 atom stereocenters. The highest BCUT2D eigenvalue weighted by atomic mass is 32.2. The van der Waals surface area contributed by atoms with Gasteiger partial charge in [-0.3, -0.25) is 4.79 Å². The summed E-state index contributed by atoms with van der Waals surface area (Å²) < 4.78 is 28.6. The number of aryl methyl sites for hydroxylation is 2. The summed E-state index contributed by atoms with van der Waals surface area (Å²) >= 11 is 1.23. The van der Waals surface area contributed by atoms with E-state index in [1.165, 1.54) is 22.9 Å². The summed E-state index contributed by atoms with van der Waals surface area (Å²) in [4.78, 5) is 12.4. The van der Waals surface area contributed by atoms with Crippen LogP contribution in [0.2, 0.25) is 0 Å². The van der Waals surface area contributed by atoms with E-state index < -0.39 is 9.84 Å². The molecule has 0 radical (unpaired) electrons. The van der Waals surface area contributed by atoms with Crippen LogP contribution in [0, 0.1) is 5.92 Å². The predicted molar refractivity (Wildman–Crippen MR) is 98.3 cm³/mol. The molecule has 0 bridgehead atoms. The zero-order chi connectivity index (χ0) is 18.1. The number of aromatic nitrogens is 2. The lowest BCUT2D eigenvalue weighted by molar-refractivity contribution is 0.102. The average Bonchev–Trinajstić information content (AvgIpc) is 3.32. The predicted octanol–water partition coefficient (Wildman–Crippen LogP) is 2.51. The number of sulfone groups is 1. The SMILES string of the molecule is O=C(CSc1nnc(CC2CCS(=O)(=O)C2)o1)c1ccc2c(c1)CCC2. The van der Waals surface area contributed by atoms with E-state index in [-0.39, 0.29) is 29.0 Å². The Morgan fingerprint density at radius 3 is 2.88 bits per heavy atom. The number of Topliss-reactive ketones (excluding diaryl/α,β-unsaturated/α-hetero) is 1. The quantitative estimate of drug-likeness (QED) is 0.551. The van der Waals surface area contributed by atoms with Crippen molar-refractivity contribution in [1.82, 2.24) is 10.2 Å². The van der Waals surface area contributed by atoms with Crippen molar-refractivity contribution in [2.75, 3.05) is 17.3 Å². The van der Waals surface area contributed by atoms with Gasteiger partial charge in [-0.25, -0.2) is 8.42 Å². The molecule has 1 aromatic carbocycles. The van der Waals surface area contributed by atoms with Crippen LogP contribution in [0.1, 0.15) is 40.2 Å². The number of nitrogens with zero attached hydrogens (tertiary/aromatic N) is 2. The molecular weight excluding hydrogens is 372 g/mol. The number of fused-ring (bicyclic) bond motifs is 1. The van der Waals surface area contributed by atoms with E-state index in [0.29, 0.717) is 24.0 Å². The highest BCUT2D eigenvalue weighted by Crippen LogP contribution is 2.26. The average molecular weight is 393 g/mol. The number of carbonyl (C=O) groups is 1. The Hall–Kier alpha value is -1.67. The third-order valence-corrected chi connectivity index (χ3v) is 7.64. The highest BCUT2D eigenvalue weighted by molar-refractivity contribution is 7.99. The van der Waals surface area contributed by atoms with Gasteiger partial charge in [-0.2, -0.15) is 0 Å². The van der Waals surface area contributed by atoms with Crippen LogP contribution in [0.25, 0.3) is 0 Å². The van der Waals surface area contributed by atoms with Gasteiger partial charge in [-0.05, 0) is 48.8 Å². The molecule has 1 unspecified atom stereocenters. The van der Waals surface area contributed by atoms with Gasteiger partial charge in [0.25, 0.3) is 5.22 Å². The summed E-state index contributed by atoms with van der Waals surface area (Å²) in [7, 11) is -2.91. The molecule has 1 fully saturated rings. The Kier molecular flexibility index (Phi) is 4.88. The fourth-order valence-corrected chi connectivity index (χ4v) is 6.15. The molecule has 1 saturated heterocycles. The zero-order valence-corrected chi connectivity index (χ0v) is 15.9. The molecule has 4 rings (SSSR count). The van der Waals surface area contributed by atoms with Crippen molar-refractivity contribution in [3.8, 4) is 0 Å². The third kappa shape index (κ3) is 4.01. The van der Waals surface area contributed by atoms with Crippen molar-refractivity contribution in [2.24, 2.45) is 5.92 Å². The summed E-state index contributed by atoms with van der Waals surface area (Å²) in [5, 5.41) is 8.30. The van der Waals surface area contributed by atoms with E-state index in [2.05, 4.69) is 16.3 Å². The van der Waals surface area contributed by atoms with Crippen LogP contribution in [0.3, 0.4) is 0 Å². The molecule has 6 nitrogen and oxygen atoms in total. The smallest absolute Gasteiger partial charge is 0.277 e. The molecule has 1 aromatic heterocycles. The minimum atomic E-state index is -2.91. The first-order valence-electron chi connectivity index (χ1n) is 8.79. The number of benzene rings is 1. The van der Waals surface area contributed by atoms with Gasteiger partial charge < -0.3 is 4.42 Å². The van der Waals surface area contributed by atoms with Gasteiger partial charge >= 0.3 is 0 Å². The van der Waals surface area contributed by atoms with Crippen molar-refractivity contribution in [3.63, 3.8) is 0 Å². The molecule has 0 spiro atoms. The first-order chi connectivity index (χ1) is 12.5. The van der Waals surface area contributed by atoms with Crippen molar-refractivity contribution in [1.29, 1.82) is 0 Å². The largest absolute Gasteiger partial charge is 0.416 e. The molecular formula is C18H20N2O4S2. The summed E-state index contributed by atoms with van der Waals surface area (Å²) in [6, 6.07) is 5.96. The first kappa shape index (κ1) is 17.7. The van der Waals surface area contributed by atoms with Crippen molar-refractivity contribution in [3.05, 3.63) is 40.8 Å². The fraction of sp³-hybridized carbons (Fsp3) is 0.500. The maximum atomic E-state index is 12.4. The van der Waals surface area contributed by atoms with Gasteiger partial charge in [-0.15, -0.1) is 10.2 Å². The Morgan fingerprint density at radius 1 is 1.23 bits per heavy atom. The number of carbonyl (C=O) groups excluding carboxylic acids is 1. The molecule has 0 amide bonds. The third-order valence-electron chi connectivity index (χ3n) is 4.99. The number of rotatable bonds is 6. The van der Waals surface area contributed by atoms with Crippen LogP contribution in [-0.4, -0.2) is 41.7 Å². The van der Waals surface area contributed by atoms with Crippen LogP contribution in [0.4, 0.5) is 0 Å². The number of hydrogen-bond acceptors (Lipinski definition) is 7. The molecule has 26 heavy (non-hydrogen) atoms. The lowest BCUT2D eigenvalue weighted by Gasteiger charge is -2.03. The van der Waals surface area contributed by atoms with Crippen molar-refractivity contribution in [2.45, 2.75) is 37.3 Å². The number of thioether (sulfide) groups is 1. The van der Waals surface area contributed by atoms with Crippen LogP contribution < -0.4 is 0 Å². The van der Waals surface area contributed by atoms with E-state index in [0.717, 1.165) is 24.8 Å². The minimum Gasteiger partial charge on any atom is -0.416 e. The van der Waals surface area contributed by atoms with Gasteiger partial charge in [0.1, 0.15) is 0 Å². The summed E-state index contributed by atoms with van der Waals surface area (Å²) in [6.45, 7) is 0. The van der Waals surface area contributed by atoms with Crippen LogP contribution in [0.15, 0.2) is 27.8 Å². The molecule has 2 aromatic rings. The van der Waals surface area contributed by atoms with E-state index >= 15 is 0 Å². The first-order valence-corrected chi connectivity index (χ1v) is 11.6. The topological polar surface area (TPSA) is 90.1 Å². The zero-order valence-electron chi connectivity index (χ0n) is 14.3. The van der Waals surface area contributed by atoms with Gasteiger partial charge in [0, 0.05) is 12.0 Å². The molecule has 1 aliphatic carbocycles. The second kappa shape index (κ2) is 7.15. The molecule has 0 saturated carbocycles. The normalized spacial score (nSPS) is 21.0. The molecule has 8 heteroatoms. The van der Waals surface area contributed by atoms with E-state index in [1.54, 1.807) is 0 Å². The maximum absolute atomic E-state index is 12.4. The minimum absolute atomic E-state index is 0.0475. The Morgan fingerprint density at radius 2 is 2.08 bits per heavy atom. The van der Waals surface area contributed by atoms with Crippen LogP contribution in [0.5, 0.6) is 0 Å².